The number of imidazole rings is 2. The van der Waals surface area contributed by atoms with Crippen LogP contribution in [0.25, 0.3) is 33.8 Å². The van der Waals surface area contributed by atoms with E-state index in [1.54, 1.807) is 72.0 Å². The Morgan fingerprint density at radius 3 is 2.07 bits per heavy atom. The first-order valence-corrected chi connectivity index (χ1v) is 18.8. The van der Waals surface area contributed by atoms with Crippen LogP contribution in [-0.2, 0) is 19.1 Å². The fraction of sp³-hybridized carbons (Fsp3) is 0.233. The summed E-state index contributed by atoms with van der Waals surface area (Å²) < 4.78 is 10.3. The second-order valence-electron chi connectivity index (χ2n) is 13.7. The first kappa shape index (κ1) is 39.0. The highest BCUT2D eigenvalue weighted by atomic mass is 16.6. The van der Waals surface area contributed by atoms with Crippen LogP contribution >= 0.6 is 0 Å². The van der Waals surface area contributed by atoms with Gasteiger partial charge < -0.3 is 40.3 Å². The van der Waals surface area contributed by atoms with Crippen LogP contribution in [0.4, 0.5) is 9.59 Å². The number of amides is 4. The molecule has 0 radical (unpaired) electrons. The number of methoxy groups -OCH3 is 1. The average Bonchev–Trinajstić information content (AvgIpc) is 4.07. The van der Waals surface area contributed by atoms with Gasteiger partial charge in [-0.3, -0.25) is 14.6 Å². The number of aromatic amines is 2. The van der Waals surface area contributed by atoms with Gasteiger partial charge in [-0.25, -0.2) is 19.6 Å². The zero-order chi connectivity index (χ0) is 40.6. The van der Waals surface area contributed by atoms with Gasteiger partial charge in [0.15, 0.2) is 0 Å². The molecule has 0 bridgehead atoms. The summed E-state index contributed by atoms with van der Waals surface area (Å²) in [7, 11) is 2.70. The second-order valence-corrected chi connectivity index (χ2v) is 13.7. The number of aromatic nitrogens is 5. The maximum absolute atomic E-state index is 13.8. The number of H-pyrrole nitrogens is 2. The van der Waals surface area contributed by atoms with Crippen LogP contribution in [0.2, 0.25) is 0 Å². The van der Waals surface area contributed by atoms with Crippen molar-refractivity contribution in [2.24, 2.45) is 0 Å². The maximum Gasteiger partial charge on any atom is 0.408 e. The monoisotopic (exact) mass is 781 g/mol. The number of benzene rings is 3. The lowest BCUT2D eigenvalue weighted by Crippen LogP contribution is -2.41. The zero-order valence-electron chi connectivity index (χ0n) is 32.1. The van der Waals surface area contributed by atoms with Crippen molar-refractivity contribution >= 4 is 24.0 Å². The lowest BCUT2D eigenvalue weighted by Gasteiger charge is -2.28. The van der Waals surface area contributed by atoms with E-state index in [0.717, 1.165) is 40.2 Å². The van der Waals surface area contributed by atoms with Crippen molar-refractivity contribution in [2.75, 3.05) is 20.7 Å². The first-order valence-electron chi connectivity index (χ1n) is 18.8. The standard InChI is InChI=1S/C43H43N9O6/c1-26(48-40(53)36(51-43(56)57-3)29-11-6-4-7-12-29)38-46-24-33(49-38)28-18-16-27(17-19-28)32-21-20-31(23-45-32)34-25-47-39(50-34)35-15-10-22-52(35)41(54)37(58-42(55)44-2)30-13-8-5-9-14-30/h4-9,11-14,16-21,23-26,35-37H,10,15,22H2,1-3H3,(H,44,55)(H,46,49)(H,47,50)(H,48,53)(H,51,56)/t26-,35+,36-,37?/m1/s1. The molecule has 1 unspecified atom stereocenters. The van der Waals surface area contributed by atoms with Gasteiger partial charge in [0.2, 0.25) is 12.0 Å². The molecule has 58 heavy (non-hydrogen) atoms. The van der Waals surface area contributed by atoms with E-state index < -0.39 is 36.3 Å². The van der Waals surface area contributed by atoms with E-state index >= 15 is 0 Å². The van der Waals surface area contributed by atoms with E-state index in [9.17, 15) is 19.2 Å². The van der Waals surface area contributed by atoms with Gasteiger partial charge in [-0.15, -0.1) is 0 Å². The van der Waals surface area contributed by atoms with Crippen molar-refractivity contribution in [3.05, 3.63) is 138 Å². The third-order valence-electron chi connectivity index (χ3n) is 9.98. The number of hydrogen-bond donors (Lipinski definition) is 5. The number of carbonyl (C=O) groups excluding carboxylic acids is 4. The number of likely N-dealkylation sites (tertiary alicyclic amines) is 1. The predicted molar refractivity (Wildman–Crippen MR) is 215 cm³/mol. The quantitative estimate of drug-likeness (QED) is 0.0913. The van der Waals surface area contributed by atoms with Gasteiger partial charge in [0.05, 0.1) is 48.7 Å². The molecule has 4 atom stereocenters. The number of ether oxygens (including phenoxy) is 2. The summed E-state index contributed by atoms with van der Waals surface area (Å²) in [6.07, 6.45) is 4.25. The molecule has 6 aromatic rings. The number of hydrogen-bond acceptors (Lipinski definition) is 9. The average molecular weight is 782 g/mol. The minimum Gasteiger partial charge on any atom is -0.453 e. The van der Waals surface area contributed by atoms with Gasteiger partial charge in [0.25, 0.3) is 5.91 Å². The van der Waals surface area contributed by atoms with E-state index in [2.05, 4.69) is 35.9 Å². The third-order valence-corrected chi connectivity index (χ3v) is 9.98. The Kier molecular flexibility index (Phi) is 11.9. The van der Waals surface area contributed by atoms with E-state index in [1.807, 2.05) is 55.5 Å². The molecular weight excluding hydrogens is 739 g/mol. The van der Waals surface area contributed by atoms with E-state index in [4.69, 9.17) is 14.5 Å². The normalized spacial score (nSPS) is 15.2. The Morgan fingerprint density at radius 1 is 0.741 bits per heavy atom. The van der Waals surface area contributed by atoms with E-state index in [-0.39, 0.29) is 11.9 Å². The number of alkyl carbamates (subject to hydrolysis) is 2. The van der Waals surface area contributed by atoms with Crippen molar-refractivity contribution < 1.29 is 28.7 Å². The smallest absolute Gasteiger partial charge is 0.408 e. The molecule has 3 aromatic carbocycles. The third kappa shape index (κ3) is 8.73. The molecule has 0 saturated carbocycles. The lowest BCUT2D eigenvalue weighted by atomic mass is 10.1. The summed E-state index contributed by atoms with van der Waals surface area (Å²) in [6.45, 7) is 2.32. The van der Waals surface area contributed by atoms with Crippen LogP contribution in [-0.4, -0.2) is 74.5 Å². The van der Waals surface area contributed by atoms with Gasteiger partial charge in [-0.1, -0.05) is 84.9 Å². The number of carbonyl (C=O) groups is 4. The van der Waals surface area contributed by atoms with Crippen LogP contribution in [0.5, 0.6) is 0 Å². The molecule has 0 spiro atoms. The van der Waals surface area contributed by atoms with Crippen LogP contribution in [0.3, 0.4) is 0 Å². The summed E-state index contributed by atoms with van der Waals surface area (Å²) in [5.41, 5.74) is 6.17. The summed E-state index contributed by atoms with van der Waals surface area (Å²) in [5.74, 6) is 0.490. The molecule has 1 saturated heterocycles. The first-order chi connectivity index (χ1) is 28.2. The Morgan fingerprint density at radius 2 is 1.40 bits per heavy atom. The predicted octanol–water partition coefficient (Wildman–Crippen LogP) is 6.56. The molecule has 15 nitrogen and oxygen atoms in total. The van der Waals surface area contributed by atoms with Crippen LogP contribution in [0, 0.1) is 0 Å². The number of nitrogens with one attached hydrogen (secondary N) is 5. The van der Waals surface area contributed by atoms with Gasteiger partial charge >= 0.3 is 12.2 Å². The summed E-state index contributed by atoms with van der Waals surface area (Å²) >= 11 is 0. The van der Waals surface area contributed by atoms with Crippen molar-refractivity contribution in [3.8, 4) is 33.8 Å². The topological polar surface area (TPSA) is 196 Å². The van der Waals surface area contributed by atoms with Crippen LogP contribution in [0.1, 0.15) is 66.8 Å². The molecule has 1 aliphatic heterocycles. The lowest BCUT2D eigenvalue weighted by molar-refractivity contribution is -0.141. The Bertz CT molecular complexity index is 2350. The van der Waals surface area contributed by atoms with Crippen molar-refractivity contribution in [2.45, 2.75) is 44.0 Å². The zero-order valence-corrected chi connectivity index (χ0v) is 32.1. The Hall–Kier alpha value is -7.29. The molecule has 4 amide bonds. The van der Waals surface area contributed by atoms with Gasteiger partial charge in [0, 0.05) is 36.5 Å². The molecule has 3 aromatic heterocycles. The SMILES string of the molecule is CNC(=O)OC(C(=O)N1CCC[C@H]1c1ncc(-c2ccc(-c3ccc(-c4cnc([C@@H](C)NC(=O)[C@H](NC(=O)OC)c5ccccc5)[nH]4)cc3)nc2)[nH]1)c1ccccc1. The fourth-order valence-electron chi connectivity index (χ4n) is 6.91. The number of pyridine rings is 1. The van der Waals surface area contributed by atoms with Gasteiger partial charge in [-0.05, 0) is 43.0 Å². The van der Waals surface area contributed by atoms with Gasteiger partial charge in [0.1, 0.15) is 17.7 Å². The highest BCUT2D eigenvalue weighted by Crippen LogP contribution is 2.35. The maximum atomic E-state index is 13.8. The molecule has 1 fully saturated rings. The summed E-state index contributed by atoms with van der Waals surface area (Å²) in [4.78, 5) is 73.6. The molecule has 7 rings (SSSR count). The molecule has 4 heterocycles. The second kappa shape index (κ2) is 17.7. The molecule has 296 valence electrons. The molecule has 5 N–H and O–H groups in total. The summed E-state index contributed by atoms with van der Waals surface area (Å²) in [6, 6.07) is 28.0. The van der Waals surface area contributed by atoms with E-state index in [1.165, 1.54) is 14.2 Å². The number of rotatable bonds is 12. The highest BCUT2D eigenvalue weighted by molar-refractivity contribution is 5.87. The van der Waals surface area contributed by atoms with Crippen molar-refractivity contribution in [3.63, 3.8) is 0 Å². The number of nitrogens with zero attached hydrogens (tertiary/aromatic N) is 4. The highest BCUT2D eigenvalue weighted by Gasteiger charge is 2.38. The largest absolute Gasteiger partial charge is 0.453 e. The summed E-state index contributed by atoms with van der Waals surface area (Å²) in [5, 5.41) is 7.95. The molecule has 1 aliphatic rings. The van der Waals surface area contributed by atoms with E-state index in [0.29, 0.717) is 35.7 Å². The van der Waals surface area contributed by atoms with Crippen molar-refractivity contribution in [1.82, 2.24) is 45.8 Å². The minimum absolute atomic E-state index is 0.303. The molecular formula is C43H43N9O6. The Balaban J connectivity index is 0.990. The van der Waals surface area contributed by atoms with Crippen molar-refractivity contribution in [1.29, 1.82) is 0 Å². The molecule has 0 aliphatic carbocycles. The minimum atomic E-state index is -1.08. The fourth-order valence-corrected chi connectivity index (χ4v) is 6.91. The van der Waals surface area contributed by atoms with Crippen LogP contribution in [0.15, 0.2) is 116 Å². The Labute approximate surface area is 334 Å². The van der Waals surface area contributed by atoms with Crippen LogP contribution < -0.4 is 16.0 Å². The van der Waals surface area contributed by atoms with Gasteiger partial charge in [-0.2, -0.15) is 0 Å². The molecule has 15 heteroatoms.